The molecule has 160 valence electrons. The number of amides is 1. The minimum Gasteiger partial charge on any atom is -0.353 e. The molecule has 5 heteroatoms. The van der Waals surface area contributed by atoms with E-state index in [2.05, 4.69) is 42.8 Å². The number of carbonyl (C=O) groups excluding carboxylic acids is 1. The van der Waals surface area contributed by atoms with Crippen molar-refractivity contribution in [1.29, 1.82) is 0 Å². The van der Waals surface area contributed by atoms with Gasteiger partial charge in [0.1, 0.15) is 11.6 Å². The molecular formula is C26H30N4O. The summed E-state index contributed by atoms with van der Waals surface area (Å²) in [5.74, 6) is 2.28. The summed E-state index contributed by atoms with van der Waals surface area (Å²) in [5.41, 5.74) is 5.28. The molecule has 2 heterocycles. The van der Waals surface area contributed by atoms with E-state index >= 15 is 0 Å². The Morgan fingerprint density at radius 1 is 0.839 bits per heavy atom. The number of piperazine rings is 1. The van der Waals surface area contributed by atoms with Crippen LogP contribution in [-0.4, -0.2) is 47.0 Å². The fourth-order valence-corrected chi connectivity index (χ4v) is 4.36. The molecule has 0 atom stereocenters. The van der Waals surface area contributed by atoms with E-state index in [-0.39, 0.29) is 5.91 Å². The minimum absolute atomic E-state index is 0.0957. The number of aryl methyl sites for hydroxylation is 2. The molecule has 5 nitrogen and oxygen atoms in total. The van der Waals surface area contributed by atoms with Gasteiger partial charge in [0, 0.05) is 43.0 Å². The van der Waals surface area contributed by atoms with Crippen LogP contribution < -0.4 is 4.90 Å². The Hall–Kier alpha value is -3.21. The average molecular weight is 415 g/mol. The number of aromatic nitrogens is 2. The monoisotopic (exact) mass is 414 g/mol. The molecular weight excluding hydrogens is 384 g/mol. The van der Waals surface area contributed by atoms with Gasteiger partial charge in [-0.05, 0) is 43.0 Å². The first-order valence-corrected chi connectivity index (χ1v) is 11.0. The van der Waals surface area contributed by atoms with Crippen LogP contribution in [0.2, 0.25) is 0 Å². The zero-order chi connectivity index (χ0) is 22.0. The molecule has 1 saturated heterocycles. The van der Waals surface area contributed by atoms with Gasteiger partial charge in [0.05, 0.1) is 0 Å². The van der Waals surface area contributed by atoms with Gasteiger partial charge in [0.2, 0.25) is 0 Å². The number of anilines is 1. The van der Waals surface area contributed by atoms with E-state index in [1.807, 2.05) is 54.3 Å². The summed E-state index contributed by atoms with van der Waals surface area (Å²) in [6, 6.07) is 18.2. The van der Waals surface area contributed by atoms with E-state index in [9.17, 15) is 4.79 Å². The zero-order valence-corrected chi connectivity index (χ0v) is 18.8. The predicted octanol–water partition coefficient (Wildman–Crippen LogP) is 4.85. The Morgan fingerprint density at radius 3 is 2.06 bits per heavy atom. The van der Waals surface area contributed by atoms with Crippen molar-refractivity contribution in [2.45, 2.75) is 33.6 Å². The minimum atomic E-state index is 0.0957. The number of nitrogens with zero attached hydrogens (tertiary/aromatic N) is 4. The third-order valence-electron chi connectivity index (χ3n) is 5.91. The molecule has 1 aliphatic rings. The van der Waals surface area contributed by atoms with Gasteiger partial charge in [-0.3, -0.25) is 4.79 Å². The molecule has 2 aromatic carbocycles. The highest BCUT2D eigenvalue weighted by Gasteiger charge is 2.26. The van der Waals surface area contributed by atoms with Crippen molar-refractivity contribution in [3.05, 3.63) is 77.2 Å². The van der Waals surface area contributed by atoms with Crippen LogP contribution in [-0.2, 0) is 0 Å². The maximum Gasteiger partial charge on any atom is 0.253 e. The fourth-order valence-electron chi connectivity index (χ4n) is 4.36. The second kappa shape index (κ2) is 8.88. The third kappa shape index (κ3) is 4.46. The Bertz CT molecular complexity index is 1050. The molecule has 0 N–H and O–H groups in total. The molecule has 0 bridgehead atoms. The normalized spacial score (nSPS) is 14.2. The summed E-state index contributed by atoms with van der Waals surface area (Å²) in [5, 5.41) is 0. The van der Waals surface area contributed by atoms with Crippen LogP contribution in [0.4, 0.5) is 5.82 Å². The lowest BCUT2D eigenvalue weighted by Crippen LogP contribution is -2.49. The van der Waals surface area contributed by atoms with Crippen LogP contribution in [0.3, 0.4) is 0 Å². The molecule has 1 fully saturated rings. The highest BCUT2D eigenvalue weighted by Crippen LogP contribution is 2.29. The summed E-state index contributed by atoms with van der Waals surface area (Å²) in [4.78, 5) is 26.6. The molecule has 0 spiro atoms. The van der Waals surface area contributed by atoms with Gasteiger partial charge in [-0.25, -0.2) is 9.97 Å². The number of benzene rings is 2. The number of hydrogen-bond acceptors (Lipinski definition) is 4. The van der Waals surface area contributed by atoms with Gasteiger partial charge < -0.3 is 9.80 Å². The van der Waals surface area contributed by atoms with Gasteiger partial charge in [0.25, 0.3) is 5.91 Å². The van der Waals surface area contributed by atoms with Crippen LogP contribution in [0, 0.1) is 13.8 Å². The second-order valence-corrected chi connectivity index (χ2v) is 8.47. The first-order valence-electron chi connectivity index (χ1n) is 11.0. The number of hydrogen-bond donors (Lipinski definition) is 0. The van der Waals surface area contributed by atoms with Crippen LogP contribution in [0.5, 0.6) is 0 Å². The van der Waals surface area contributed by atoms with Crippen molar-refractivity contribution in [2.75, 3.05) is 31.1 Å². The third-order valence-corrected chi connectivity index (χ3v) is 5.91. The van der Waals surface area contributed by atoms with E-state index in [4.69, 9.17) is 4.98 Å². The van der Waals surface area contributed by atoms with Crippen molar-refractivity contribution in [2.24, 2.45) is 0 Å². The summed E-state index contributed by atoms with van der Waals surface area (Å²) in [6.45, 7) is 11.3. The standard InChI is InChI=1S/C26H30N4O/c1-18(2)24-19(3)27-20(4)28-25(24)29-14-16-30(17-15-29)26(31)23-12-10-22(11-13-23)21-8-6-5-7-9-21/h5-13,18H,14-17H2,1-4H3. The lowest BCUT2D eigenvalue weighted by atomic mass is 10.0. The maximum atomic E-state index is 13.1. The molecule has 3 aromatic rings. The molecule has 0 radical (unpaired) electrons. The molecule has 0 aliphatic carbocycles. The smallest absolute Gasteiger partial charge is 0.253 e. The summed E-state index contributed by atoms with van der Waals surface area (Å²) in [6.07, 6.45) is 0. The van der Waals surface area contributed by atoms with E-state index in [0.717, 1.165) is 47.1 Å². The highest BCUT2D eigenvalue weighted by molar-refractivity contribution is 5.95. The van der Waals surface area contributed by atoms with Crippen molar-refractivity contribution in [1.82, 2.24) is 14.9 Å². The largest absolute Gasteiger partial charge is 0.353 e. The zero-order valence-electron chi connectivity index (χ0n) is 18.8. The van der Waals surface area contributed by atoms with E-state index < -0.39 is 0 Å². The topological polar surface area (TPSA) is 49.3 Å². The summed E-state index contributed by atoms with van der Waals surface area (Å²) in [7, 11) is 0. The summed E-state index contributed by atoms with van der Waals surface area (Å²) < 4.78 is 0. The van der Waals surface area contributed by atoms with Gasteiger partial charge in [-0.2, -0.15) is 0 Å². The Balaban J connectivity index is 1.45. The SMILES string of the molecule is Cc1nc(C)c(C(C)C)c(N2CCN(C(=O)c3ccc(-c4ccccc4)cc3)CC2)n1. The van der Waals surface area contributed by atoms with Gasteiger partial charge in [0.15, 0.2) is 0 Å². The van der Waals surface area contributed by atoms with Crippen molar-refractivity contribution < 1.29 is 4.79 Å². The lowest BCUT2D eigenvalue weighted by molar-refractivity contribution is 0.0746. The maximum absolute atomic E-state index is 13.1. The first kappa shape index (κ1) is 21.0. The van der Waals surface area contributed by atoms with E-state index in [1.165, 1.54) is 5.56 Å². The average Bonchev–Trinajstić information content (AvgIpc) is 2.78. The van der Waals surface area contributed by atoms with Crippen molar-refractivity contribution in [3.63, 3.8) is 0 Å². The highest BCUT2D eigenvalue weighted by atomic mass is 16.2. The quantitative estimate of drug-likeness (QED) is 0.613. The summed E-state index contributed by atoms with van der Waals surface area (Å²) >= 11 is 0. The molecule has 1 aromatic heterocycles. The van der Waals surface area contributed by atoms with Crippen LogP contribution in [0.25, 0.3) is 11.1 Å². The molecule has 1 amide bonds. The van der Waals surface area contributed by atoms with Crippen LogP contribution in [0.1, 0.15) is 47.2 Å². The van der Waals surface area contributed by atoms with Gasteiger partial charge in [-0.1, -0.05) is 56.3 Å². The van der Waals surface area contributed by atoms with E-state index in [1.54, 1.807) is 0 Å². The Labute approximate surface area is 184 Å². The fraction of sp³-hybridized carbons (Fsp3) is 0.346. The van der Waals surface area contributed by atoms with Crippen molar-refractivity contribution >= 4 is 11.7 Å². The molecule has 0 unspecified atom stereocenters. The number of carbonyl (C=O) groups is 1. The first-order chi connectivity index (χ1) is 14.9. The van der Waals surface area contributed by atoms with Crippen LogP contribution in [0.15, 0.2) is 54.6 Å². The molecule has 1 aliphatic heterocycles. The molecule has 0 saturated carbocycles. The van der Waals surface area contributed by atoms with Crippen molar-refractivity contribution in [3.8, 4) is 11.1 Å². The lowest BCUT2D eigenvalue weighted by Gasteiger charge is -2.37. The van der Waals surface area contributed by atoms with E-state index in [0.29, 0.717) is 19.0 Å². The number of rotatable bonds is 4. The Kier molecular flexibility index (Phi) is 6.03. The van der Waals surface area contributed by atoms with Gasteiger partial charge in [-0.15, -0.1) is 0 Å². The Morgan fingerprint density at radius 2 is 1.45 bits per heavy atom. The second-order valence-electron chi connectivity index (χ2n) is 8.47. The molecule has 31 heavy (non-hydrogen) atoms. The predicted molar refractivity (Wildman–Crippen MR) is 126 cm³/mol. The van der Waals surface area contributed by atoms with Crippen LogP contribution >= 0.6 is 0 Å². The molecule has 4 rings (SSSR count). The van der Waals surface area contributed by atoms with Gasteiger partial charge >= 0.3 is 0 Å².